The molecule has 90 valence electrons. The van der Waals surface area contributed by atoms with Gasteiger partial charge in [0.2, 0.25) is 5.91 Å². The van der Waals surface area contributed by atoms with Crippen molar-refractivity contribution in [2.24, 2.45) is 11.7 Å². The number of anilines is 1. The molecule has 1 amide bonds. The van der Waals surface area contributed by atoms with Crippen molar-refractivity contribution in [2.45, 2.75) is 11.8 Å². The molecule has 1 aromatic rings. The van der Waals surface area contributed by atoms with Crippen molar-refractivity contribution >= 4 is 35.8 Å². The highest BCUT2D eigenvalue weighted by molar-refractivity contribution is 7.98. The van der Waals surface area contributed by atoms with Crippen LogP contribution in [0, 0.1) is 5.92 Å². The molecule has 0 aliphatic heterocycles. The fourth-order valence-electron chi connectivity index (χ4n) is 1.07. The molecule has 0 fully saturated rings. The molecule has 0 saturated heterocycles. The minimum atomic E-state index is -0.150. The van der Waals surface area contributed by atoms with Crippen LogP contribution in [0.2, 0.25) is 0 Å². The fraction of sp³-hybridized carbons (Fsp3) is 0.364. The first-order valence-corrected chi connectivity index (χ1v) is 6.05. The van der Waals surface area contributed by atoms with E-state index in [2.05, 4.69) is 5.32 Å². The molecule has 1 aromatic carbocycles. The van der Waals surface area contributed by atoms with E-state index in [4.69, 9.17) is 5.73 Å². The lowest BCUT2D eigenvalue weighted by Crippen LogP contribution is -2.26. The van der Waals surface area contributed by atoms with Gasteiger partial charge >= 0.3 is 0 Å². The molecule has 0 bridgehead atoms. The summed E-state index contributed by atoms with van der Waals surface area (Å²) in [5, 5.41) is 2.84. The van der Waals surface area contributed by atoms with Crippen LogP contribution >= 0.6 is 24.2 Å². The number of thioether (sulfide) groups is 1. The maximum absolute atomic E-state index is 11.5. The van der Waals surface area contributed by atoms with Crippen LogP contribution in [0.5, 0.6) is 0 Å². The molecule has 0 spiro atoms. The van der Waals surface area contributed by atoms with Gasteiger partial charge in [0.05, 0.1) is 0 Å². The molecule has 0 radical (unpaired) electrons. The number of carbonyl (C=O) groups excluding carboxylic acids is 1. The molecule has 1 atom stereocenters. The summed E-state index contributed by atoms with van der Waals surface area (Å²) >= 11 is 1.65. The number of benzene rings is 1. The second-order valence-corrected chi connectivity index (χ2v) is 4.24. The van der Waals surface area contributed by atoms with Crippen molar-refractivity contribution in [3.63, 3.8) is 0 Å². The molecule has 1 unspecified atom stereocenters. The van der Waals surface area contributed by atoms with Crippen molar-refractivity contribution in [3.8, 4) is 0 Å². The standard InChI is InChI=1S/C11H16N2OS.ClH/c1-8(7-12)11(14)13-9-4-3-5-10(6-9)15-2;/h3-6,8H,7,12H2,1-2H3,(H,13,14);1H. The SMILES string of the molecule is CSc1cccc(NC(=O)C(C)CN)c1.Cl. The van der Waals surface area contributed by atoms with E-state index in [1.54, 1.807) is 11.8 Å². The van der Waals surface area contributed by atoms with Crippen LogP contribution in [0.4, 0.5) is 5.69 Å². The van der Waals surface area contributed by atoms with Crippen molar-refractivity contribution in [1.82, 2.24) is 0 Å². The third kappa shape index (κ3) is 4.43. The van der Waals surface area contributed by atoms with E-state index >= 15 is 0 Å². The lowest BCUT2D eigenvalue weighted by atomic mass is 10.1. The highest BCUT2D eigenvalue weighted by Crippen LogP contribution is 2.19. The highest BCUT2D eigenvalue weighted by Gasteiger charge is 2.10. The Morgan fingerprint density at radius 1 is 1.56 bits per heavy atom. The number of rotatable bonds is 4. The molecule has 0 heterocycles. The predicted octanol–water partition coefficient (Wildman–Crippen LogP) is 2.36. The Hall–Kier alpha value is -0.710. The lowest BCUT2D eigenvalue weighted by molar-refractivity contribution is -0.119. The molecule has 0 aliphatic carbocycles. The Kier molecular flexibility index (Phi) is 7.21. The van der Waals surface area contributed by atoms with Gasteiger partial charge in [0.25, 0.3) is 0 Å². The van der Waals surface area contributed by atoms with E-state index in [1.807, 2.05) is 37.4 Å². The topological polar surface area (TPSA) is 55.1 Å². The van der Waals surface area contributed by atoms with E-state index < -0.39 is 0 Å². The lowest BCUT2D eigenvalue weighted by Gasteiger charge is -2.10. The Morgan fingerprint density at radius 2 is 2.25 bits per heavy atom. The Bertz CT molecular complexity index is 347. The second kappa shape index (κ2) is 7.54. The summed E-state index contributed by atoms with van der Waals surface area (Å²) in [6.07, 6.45) is 2.00. The smallest absolute Gasteiger partial charge is 0.228 e. The molecule has 0 aromatic heterocycles. The van der Waals surface area contributed by atoms with E-state index in [0.717, 1.165) is 10.6 Å². The van der Waals surface area contributed by atoms with Crippen LogP contribution in [0.1, 0.15) is 6.92 Å². The maximum Gasteiger partial charge on any atom is 0.228 e. The van der Waals surface area contributed by atoms with Crippen molar-refractivity contribution in [2.75, 3.05) is 18.1 Å². The summed E-state index contributed by atoms with van der Waals surface area (Å²) < 4.78 is 0. The first-order valence-electron chi connectivity index (χ1n) is 4.82. The molecule has 16 heavy (non-hydrogen) atoms. The predicted molar refractivity (Wildman–Crippen MR) is 72.3 cm³/mol. The summed E-state index contributed by atoms with van der Waals surface area (Å²) in [6, 6.07) is 7.76. The molecule has 0 aliphatic rings. The van der Waals surface area contributed by atoms with Crippen LogP contribution in [-0.2, 0) is 4.79 Å². The molecular formula is C11H17ClN2OS. The zero-order valence-corrected chi connectivity index (χ0v) is 11.0. The van der Waals surface area contributed by atoms with Gasteiger partial charge in [-0.2, -0.15) is 0 Å². The van der Waals surface area contributed by atoms with Crippen molar-refractivity contribution < 1.29 is 4.79 Å². The number of nitrogens with two attached hydrogens (primary N) is 1. The molecule has 3 N–H and O–H groups in total. The number of hydrogen-bond donors (Lipinski definition) is 2. The normalized spacial score (nSPS) is 11.4. The fourth-order valence-corrected chi connectivity index (χ4v) is 1.53. The summed E-state index contributed by atoms with van der Waals surface area (Å²) in [5.74, 6) is -0.182. The average molecular weight is 261 g/mol. The monoisotopic (exact) mass is 260 g/mol. The van der Waals surface area contributed by atoms with Gasteiger partial charge in [-0.05, 0) is 24.5 Å². The zero-order valence-electron chi connectivity index (χ0n) is 9.40. The minimum absolute atomic E-state index is 0. The second-order valence-electron chi connectivity index (χ2n) is 3.36. The van der Waals surface area contributed by atoms with Gasteiger partial charge in [0.1, 0.15) is 0 Å². The maximum atomic E-state index is 11.5. The Labute approximate surface area is 107 Å². The number of nitrogens with one attached hydrogen (secondary N) is 1. The summed E-state index contributed by atoms with van der Waals surface area (Å²) in [6.45, 7) is 2.18. The van der Waals surface area contributed by atoms with Crippen LogP contribution in [0.15, 0.2) is 29.2 Å². The minimum Gasteiger partial charge on any atom is -0.330 e. The number of carbonyl (C=O) groups is 1. The van der Waals surface area contributed by atoms with Gasteiger partial charge in [0.15, 0.2) is 0 Å². The summed E-state index contributed by atoms with van der Waals surface area (Å²) in [5.41, 5.74) is 6.24. The largest absolute Gasteiger partial charge is 0.330 e. The summed E-state index contributed by atoms with van der Waals surface area (Å²) in [4.78, 5) is 12.7. The van der Waals surface area contributed by atoms with E-state index in [1.165, 1.54) is 0 Å². The van der Waals surface area contributed by atoms with Crippen LogP contribution in [0.25, 0.3) is 0 Å². The Balaban J connectivity index is 0.00000225. The molecular weight excluding hydrogens is 244 g/mol. The van der Waals surface area contributed by atoms with Crippen molar-refractivity contribution in [3.05, 3.63) is 24.3 Å². The van der Waals surface area contributed by atoms with Gasteiger partial charge < -0.3 is 11.1 Å². The van der Waals surface area contributed by atoms with Gasteiger partial charge in [-0.25, -0.2) is 0 Å². The number of halogens is 1. The van der Waals surface area contributed by atoms with Crippen LogP contribution < -0.4 is 11.1 Å². The first kappa shape index (κ1) is 15.3. The summed E-state index contributed by atoms with van der Waals surface area (Å²) in [7, 11) is 0. The highest BCUT2D eigenvalue weighted by atomic mass is 35.5. The third-order valence-electron chi connectivity index (χ3n) is 2.14. The van der Waals surface area contributed by atoms with E-state index in [9.17, 15) is 4.79 Å². The van der Waals surface area contributed by atoms with Gasteiger partial charge in [0, 0.05) is 23.0 Å². The molecule has 5 heteroatoms. The average Bonchev–Trinajstić information content (AvgIpc) is 2.28. The number of hydrogen-bond acceptors (Lipinski definition) is 3. The zero-order chi connectivity index (χ0) is 11.3. The van der Waals surface area contributed by atoms with E-state index in [-0.39, 0.29) is 24.2 Å². The van der Waals surface area contributed by atoms with Crippen molar-refractivity contribution in [1.29, 1.82) is 0 Å². The number of amides is 1. The third-order valence-corrected chi connectivity index (χ3v) is 2.86. The van der Waals surface area contributed by atoms with Crippen LogP contribution in [-0.4, -0.2) is 18.7 Å². The van der Waals surface area contributed by atoms with Crippen LogP contribution in [0.3, 0.4) is 0 Å². The quantitative estimate of drug-likeness (QED) is 0.818. The molecule has 0 saturated carbocycles. The molecule has 1 rings (SSSR count). The van der Waals surface area contributed by atoms with E-state index in [0.29, 0.717) is 6.54 Å². The van der Waals surface area contributed by atoms with Gasteiger partial charge in [-0.1, -0.05) is 13.0 Å². The van der Waals surface area contributed by atoms with Gasteiger partial charge in [-0.15, -0.1) is 24.2 Å². The molecule has 3 nitrogen and oxygen atoms in total. The first-order chi connectivity index (χ1) is 7.17. The van der Waals surface area contributed by atoms with Gasteiger partial charge in [-0.3, -0.25) is 4.79 Å². The Morgan fingerprint density at radius 3 is 2.81 bits per heavy atom.